The molecule has 0 radical (unpaired) electrons. The van der Waals surface area contributed by atoms with Crippen LogP contribution in [0.5, 0.6) is 0 Å². The number of carbonyl (C=O) groups is 2. The normalized spacial score (nSPS) is 17.0. The quantitative estimate of drug-likeness (QED) is 0.529. The minimum Gasteiger partial charge on any atom is -0.515 e. The Hall–Kier alpha value is -1.72. The zero-order valence-corrected chi connectivity index (χ0v) is 10.5. The lowest BCUT2D eigenvalue weighted by Crippen LogP contribution is -2.53. The van der Waals surface area contributed by atoms with Gasteiger partial charge in [-0.3, -0.25) is 4.79 Å². The Labute approximate surface area is 101 Å². The lowest BCUT2D eigenvalue weighted by molar-refractivity contribution is -0.128. The second kappa shape index (κ2) is 5.56. The largest absolute Gasteiger partial charge is 0.515 e. The molecule has 0 saturated carbocycles. The second-order valence-corrected chi connectivity index (χ2v) is 4.27. The highest BCUT2D eigenvalue weighted by molar-refractivity contribution is 5.92. The Morgan fingerprint density at radius 2 is 1.59 bits per heavy atom. The van der Waals surface area contributed by atoms with E-state index in [0.717, 1.165) is 6.26 Å². The molecule has 0 unspecified atom stereocenters. The number of urea groups is 1. The zero-order valence-electron chi connectivity index (χ0n) is 10.5. The van der Waals surface area contributed by atoms with Gasteiger partial charge in [0, 0.05) is 45.8 Å². The second-order valence-electron chi connectivity index (χ2n) is 4.27. The molecule has 3 amide bonds. The molecule has 96 valence electrons. The van der Waals surface area contributed by atoms with E-state index < -0.39 is 0 Å². The minimum atomic E-state index is -0.176. The average molecular weight is 241 g/mol. The van der Waals surface area contributed by atoms with Crippen molar-refractivity contribution in [3.63, 3.8) is 0 Å². The van der Waals surface area contributed by atoms with E-state index in [1.807, 2.05) is 0 Å². The van der Waals surface area contributed by atoms with E-state index in [4.69, 9.17) is 5.11 Å². The van der Waals surface area contributed by atoms with Crippen molar-refractivity contribution in [2.45, 2.75) is 6.92 Å². The molecule has 1 fully saturated rings. The lowest BCUT2D eigenvalue weighted by Gasteiger charge is -2.36. The summed E-state index contributed by atoms with van der Waals surface area (Å²) in [6.45, 7) is 3.63. The molecule has 0 aliphatic carbocycles. The summed E-state index contributed by atoms with van der Waals surface area (Å²) >= 11 is 0. The van der Waals surface area contributed by atoms with E-state index in [-0.39, 0.29) is 11.9 Å². The van der Waals surface area contributed by atoms with Gasteiger partial charge < -0.3 is 19.8 Å². The van der Waals surface area contributed by atoms with Crippen molar-refractivity contribution < 1.29 is 14.7 Å². The molecule has 0 aromatic carbocycles. The van der Waals surface area contributed by atoms with Crippen LogP contribution in [0.25, 0.3) is 0 Å². The molecule has 17 heavy (non-hydrogen) atoms. The molecule has 1 saturated heterocycles. The molecule has 0 atom stereocenters. The average Bonchev–Trinajstić information content (AvgIpc) is 2.36. The predicted octanol–water partition coefficient (Wildman–Crippen LogP) is 0.274. The van der Waals surface area contributed by atoms with E-state index in [1.54, 1.807) is 30.8 Å². The fraction of sp³-hybridized carbons (Fsp3) is 0.636. The van der Waals surface area contributed by atoms with Gasteiger partial charge in [0.15, 0.2) is 0 Å². The minimum absolute atomic E-state index is 0.0356. The van der Waals surface area contributed by atoms with Gasteiger partial charge in [-0.15, -0.1) is 0 Å². The summed E-state index contributed by atoms with van der Waals surface area (Å²) < 4.78 is 0. The highest BCUT2D eigenvalue weighted by Crippen LogP contribution is 2.07. The number of carbonyl (C=O) groups excluding carboxylic acids is 2. The monoisotopic (exact) mass is 241 g/mol. The molecule has 1 rings (SSSR count). The predicted molar refractivity (Wildman–Crippen MR) is 63.6 cm³/mol. The van der Waals surface area contributed by atoms with Crippen LogP contribution in [-0.2, 0) is 4.79 Å². The lowest BCUT2D eigenvalue weighted by atomic mass is 10.2. The maximum atomic E-state index is 11.7. The van der Waals surface area contributed by atoms with Gasteiger partial charge in [-0.1, -0.05) is 0 Å². The molecular weight excluding hydrogens is 222 g/mol. The Balaban J connectivity index is 2.52. The fourth-order valence-electron chi connectivity index (χ4n) is 1.69. The van der Waals surface area contributed by atoms with E-state index in [0.29, 0.717) is 31.8 Å². The molecule has 6 nitrogen and oxygen atoms in total. The molecule has 1 N–H and O–H groups in total. The van der Waals surface area contributed by atoms with Gasteiger partial charge in [0.2, 0.25) is 0 Å². The number of rotatable bonds is 1. The highest BCUT2D eigenvalue weighted by atomic mass is 16.2. The first-order chi connectivity index (χ1) is 7.97. The number of amides is 3. The van der Waals surface area contributed by atoms with Crippen molar-refractivity contribution in [1.29, 1.82) is 0 Å². The van der Waals surface area contributed by atoms with E-state index in [9.17, 15) is 9.59 Å². The summed E-state index contributed by atoms with van der Waals surface area (Å²) in [5, 5.41) is 8.77. The Kier molecular flexibility index (Phi) is 4.37. The van der Waals surface area contributed by atoms with Crippen molar-refractivity contribution in [3.8, 4) is 0 Å². The molecule has 0 aromatic heterocycles. The van der Waals surface area contributed by atoms with Crippen LogP contribution in [0.15, 0.2) is 11.8 Å². The first-order valence-corrected chi connectivity index (χ1v) is 5.54. The Bertz CT molecular complexity index is 331. The third kappa shape index (κ3) is 3.12. The van der Waals surface area contributed by atoms with Gasteiger partial charge >= 0.3 is 6.03 Å². The van der Waals surface area contributed by atoms with Crippen LogP contribution in [0.3, 0.4) is 0 Å². The number of nitrogens with zero attached hydrogens (tertiary/aromatic N) is 3. The van der Waals surface area contributed by atoms with Crippen LogP contribution < -0.4 is 0 Å². The first kappa shape index (κ1) is 13.3. The number of aliphatic hydroxyl groups is 1. The molecule has 0 spiro atoms. The summed E-state index contributed by atoms with van der Waals surface area (Å²) in [5.74, 6) is -0.176. The molecular formula is C11H19N3O3. The SMILES string of the molecule is C/C(=C/O)C(=O)N1CCN(C(=O)N(C)C)CC1. The summed E-state index contributed by atoms with van der Waals surface area (Å²) in [6, 6.07) is -0.0356. The molecule has 0 bridgehead atoms. The molecule has 0 aromatic rings. The smallest absolute Gasteiger partial charge is 0.319 e. The number of aliphatic hydroxyl groups excluding tert-OH is 1. The maximum absolute atomic E-state index is 11.7. The standard InChI is InChI=1S/C11H19N3O3/c1-9(8-15)10(16)13-4-6-14(7-5-13)11(17)12(2)3/h8,15H,4-7H2,1-3H3/b9-8-. The summed E-state index contributed by atoms with van der Waals surface area (Å²) in [5.41, 5.74) is 0.317. The summed E-state index contributed by atoms with van der Waals surface area (Å²) in [4.78, 5) is 28.3. The van der Waals surface area contributed by atoms with Gasteiger partial charge in [0.05, 0.1) is 6.26 Å². The zero-order chi connectivity index (χ0) is 13.0. The molecule has 1 heterocycles. The van der Waals surface area contributed by atoms with Crippen LogP contribution >= 0.6 is 0 Å². The van der Waals surface area contributed by atoms with Gasteiger partial charge in [-0.25, -0.2) is 4.79 Å². The van der Waals surface area contributed by atoms with Crippen molar-refractivity contribution in [3.05, 3.63) is 11.8 Å². The Morgan fingerprint density at radius 1 is 1.12 bits per heavy atom. The van der Waals surface area contributed by atoms with Crippen molar-refractivity contribution >= 4 is 11.9 Å². The topological polar surface area (TPSA) is 64.1 Å². The fourth-order valence-corrected chi connectivity index (χ4v) is 1.69. The van der Waals surface area contributed by atoms with Crippen molar-refractivity contribution in [2.75, 3.05) is 40.3 Å². The van der Waals surface area contributed by atoms with Crippen LogP contribution in [-0.4, -0.2) is 72.0 Å². The van der Waals surface area contributed by atoms with Gasteiger partial charge in [0.1, 0.15) is 0 Å². The van der Waals surface area contributed by atoms with Gasteiger partial charge in [-0.05, 0) is 6.92 Å². The van der Waals surface area contributed by atoms with Crippen molar-refractivity contribution in [2.24, 2.45) is 0 Å². The van der Waals surface area contributed by atoms with Gasteiger partial charge in [0.25, 0.3) is 5.91 Å². The van der Waals surface area contributed by atoms with E-state index in [2.05, 4.69) is 0 Å². The van der Waals surface area contributed by atoms with Crippen molar-refractivity contribution in [1.82, 2.24) is 14.7 Å². The number of piperazine rings is 1. The summed E-state index contributed by atoms with van der Waals surface area (Å²) in [7, 11) is 3.41. The number of hydrogen-bond donors (Lipinski definition) is 1. The van der Waals surface area contributed by atoms with E-state index >= 15 is 0 Å². The van der Waals surface area contributed by atoms with Crippen LogP contribution in [0.2, 0.25) is 0 Å². The molecule has 1 aliphatic heterocycles. The van der Waals surface area contributed by atoms with Crippen LogP contribution in [0.1, 0.15) is 6.92 Å². The molecule has 6 heteroatoms. The first-order valence-electron chi connectivity index (χ1n) is 5.54. The van der Waals surface area contributed by atoms with Crippen LogP contribution in [0, 0.1) is 0 Å². The third-order valence-corrected chi connectivity index (χ3v) is 2.75. The maximum Gasteiger partial charge on any atom is 0.319 e. The van der Waals surface area contributed by atoms with Gasteiger partial charge in [-0.2, -0.15) is 0 Å². The third-order valence-electron chi connectivity index (χ3n) is 2.75. The number of hydrogen-bond acceptors (Lipinski definition) is 3. The molecule has 1 aliphatic rings. The van der Waals surface area contributed by atoms with E-state index in [1.165, 1.54) is 4.90 Å². The Morgan fingerprint density at radius 3 is 2.00 bits per heavy atom. The highest BCUT2D eigenvalue weighted by Gasteiger charge is 2.25. The summed E-state index contributed by atoms with van der Waals surface area (Å²) in [6.07, 6.45) is 0.819. The van der Waals surface area contributed by atoms with Crippen LogP contribution in [0.4, 0.5) is 4.79 Å².